The summed E-state index contributed by atoms with van der Waals surface area (Å²) in [6.07, 6.45) is 4.79. The van der Waals surface area contributed by atoms with Gasteiger partial charge in [0.25, 0.3) is 5.60 Å². The number of ether oxygens (including phenoxy) is 4. The smallest absolute Gasteiger partial charge is 0.360 e. The van der Waals surface area contributed by atoms with Crippen molar-refractivity contribution in [1.82, 2.24) is 0 Å². The highest BCUT2D eigenvalue weighted by Gasteiger charge is 2.60. The van der Waals surface area contributed by atoms with Crippen molar-refractivity contribution < 1.29 is 33.3 Å². The van der Waals surface area contributed by atoms with E-state index in [2.05, 4.69) is 0 Å². The maximum Gasteiger partial charge on any atom is 0.360 e. The first kappa shape index (κ1) is 24.5. The minimum atomic E-state index is -2.03. The molecule has 1 aromatic carbocycles. The van der Waals surface area contributed by atoms with Crippen LogP contribution in [0.4, 0.5) is 0 Å². The van der Waals surface area contributed by atoms with E-state index in [0.717, 1.165) is 32.1 Å². The highest BCUT2D eigenvalue weighted by atomic mass is 16.6. The van der Waals surface area contributed by atoms with E-state index in [1.54, 1.807) is 51.1 Å². The van der Waals surface area contributed by atoms with Gasteiger partial charge in [-0.3, -0.25) is 0 Å². The lowest BCUT2D eigenvalue weighted by Crippen LogP contribution is -2.42. The first-order valence-corrected chi connectivity index (χ1v) is 11.6. The van der Waals surface area contributed by atoms with Crippen LogP contribution in [0, 0.1) is 0 Å². The second-order valence-corrected chi connectivity index (χ2v) is 7.79. The molecule has 2 aliphatic rings. The number of carbonyl (C=O) groups excluding carboxylic acids is 3. The molecule has 0 N–H and O–H groups in total. The molecule has 3 rings (SSSR count). The molecule has 0 amide bonds. The average molecular weight is 458 g/mol. The molecule has 178 valence electrons. The highest BCUT2D eigenvalue weighted by Crippen LogP contribution is 2.44. The molecule has 0 radical (unpaired) electrons. The van der Waals surface area contributed by atoms with Gasteiger partial charge < -0.3 is 18.9 Å². The molecule has 1 heterocycles. The van der Waals surface area contributed by atoms with Crippen molar-refractivity contribution in [3.63, 3.8) is 0 Å². The SMILES string of the molecule is CCOC(=O)C1=C(C(=O)OCC)C(C(=O)OCC)(c2ccccc2)OC1=NC1CCCCC1. The van der Waals surface area contributed by atoms with Gasteiger partial charge in [0.1, 0.15) is 11.1 Å². The topological polar surface area (TPSA) is 100 Å². The van der Waals surface area contributed by atoms with Gasteiger partial charge in [-0.1, -0.05) is 49.6 Å². The number of esters is 3. The van der Waals surface area contributed by atoms with Crippen molar-refractivity contribution in [2.24, 2.45) is 4.99 Å². The standard InChI is InChI=1S/C25H31NO7/c1-4-30-22(27)19-20(23(28)31-5-2)25(24(29)32-6-3,17-13-9-7-10-14-17)33-21(19)26-18-15-11-8-12-16-18/h7,9-10,13-14,18H,4-6,8,11-12,15-16H2,1-3H3. The molecule has 1 aliphatic heterocycles. The van der Waals surface area contributed by atoms with Crippen LogP contribution in [0.15, 0.2) is 46.5 Å². The summed E-state index contributed by atoms with van der Waals surface area (Å²) < 4.78 is 22.1. The Bertz CT molecular complexity index is 931. The molecule has 0 bridgehead atoms. The average Bonchev–Trinajstić information content (AvgIpc) is 3.17. The highest BCUT2D eigenvalue weighted by molar-refractivity contribution is 6.26. The molecule has 1 aliphatic carbocycles. The van der Waals surface area contributed by atoms with E-state index in [1.807, 2.05) is 0 Å². The van der Waals surface area contributed by atoms with E-state index in [4.69, 9.17) is 23.9 Å². The molecular formula is C25H31NO7. The predicted molar refractivity (Wildman–Crippen MR) is 120 cm³/mol. The summed E-state index contributed by atoms with van der Waals surface area (Å²) in [6.45, 7) is 5.13. The number of carbonyl (C=O) groups is 3. The third-order valence-corrected chi connectivity index (χ3v) is 5.64. The molecular weight excluding hydrogens is 426 g/mol. The second kappa shape index (κ2) is 11.1. The number of rotatable bonds is 8. The summed E-state index contributed by atoms with van der Waals surface area (Å²) >= 11 is 0. The van der Waals surface area contributed by atoms with Crippen LogP contribution in [0.5, 0.6) is 0 Å². The molecule has 8 nitrogen and oxygen atoms in total. The summed E-state index contributed by atoms with van der Waals surface area (Å²) in [7, 11) is 0. The normalized spacial score (nSPS) is 22.1. The lowest BCUT2D eigenvalue weighted by Gasteiger charge is -2.29. The van der Waals surface area contributed by atoms with Crippen molar-refractivity contribution in [3.05, 3.63) is 47.0 Å². The van der Waals surface area contributed by atoms with Crippen LogP contribution in [0.25, 0.3) is 0 Å². The zero-order valence-corrected chi connectivity index (χ0v) is 19.4. The van der Waals surface area contributed by atoms with Gasteiger partial charge in [-0.15, -0.1) is 0 Å². The fourth-order valence-electron chi connectivity index (χ4n) is 4.21. The molecule has 0 aromatic heterocycles. The number of benzene rings is 1. The van der Waals surface area contributed by atoms with Gasteiger partial charge in [-0.25, -0.2) is 19.4 Å². The van der Waals surface area contributed by atoms with Gasteiger partial charge in [-0.05, 0) is 33.6 Å². The molecule has 1 saturated carbocycles. The van der Waals surface area contributed by atoms with Crippen LogP contribution in [-0.2, 0) is 38.9 Å². The molecule has 1 fully saturated rings. The van der Waals surface area contributed by atoms with E-state index < -0.39 is 23.5 Å². The minimum Gasteiger partial charge on any atom is -0.462 e. The first-order valence-electron chi connectivity index (χ1n) is 11.6. The molecule has 1 aromatic rings. The van der Waals surface area contributed by atoms with E-state index >= 15 is 0 Å². The lowest BCUT2D eigenvalue weighted by atomic mass is 9.84. The lowest BCUT2D eigenvalue weighted by molar-refractivity contribution is -0.163. The van der Waals surface area contributed by atoms with Crippen molar-refractivity contribution in [1.29, 1.82) is 0 Å². The molecule has 1 unspecified atom stereocenters. The Kier molecular flexibility index (Phi) is 8.25. The summed E-state index contributed by atoms with van der Waals surface area (Å²) in [5.74, 6) is -2.56. The second-order valence-electron chi connectivity index (χ2n) is 7.79. The third kappa shape index (κ3) is 4.94. The number of hydrogen-bond acceptors (Lipinski definition) is 8. The number of hydrogen-bond donors (Lipinski definition) is 0. The van der Waals surface area contributed by atoms with Crippen LogP contribution in [-0.4, -0.2) is 49.7 Å². The van der Waals surface area contributed by atoms with E-state index in [0.29, 0.717) is 5.56 Å². The first-order chi connectivity index (χ1) is 16.0. The van der Waals surface area contributed by atoms with Crippen LogP contribution in [0.2, 0.25) is 0 Å². The fraction of sp³-hybridized carbons (Fsp3) is 0.520. The quantitative estimate of drug-likeness (QED) is 0.434. The Hall–Kier alpha value is -3.16. The zero-order valence-electron chi connectivity index (χ0n) is 19.4. The largest absolute Gasteiger partial charge is 0.462 e. The molecule has 0 saturated heterocycles. The fourth-order valence-corrected chi connectivity index (χ4v) is 4.21. The van der Waals surface area contributed by atoms with Crippen molar-refractivity contribution >= 4 is 23.8 Å². The van der Waals surface area contributed by atoms with Gasteiger partial charge in [0.2, 0.25) is 5.90 Å². The molecule has 8 heteroatoms. The zero-order chi connectivity index (χ0) is 23.8. The Morgan fingerprint density at radius 2 is 1.52 bits per heavy atom. The van der Waals surface area contributed by atoms with E-state index in [9.17, 15) is 14.4 Å². The number of nitrogens with zero attached hydrogens (tertiary/aromatic N) is 1. The van der Waals surface area contributed by atoms with Gasteiger partial charge in [0, 0.05) is 5.56 Å². The van der Waals surface area contributed by atoms with Gasteiger partial charge in [-0.2, -0.15) is 0 Å². The van der Waals surface area contributed by atoms with Gasteiger partial charge in [0.15, 0.2) is 0 Å². The molecule has 1 atom stereocenters. The maximum atomic E-state index is 13.5. The summed E-state index contributed by atoms with van der Waals surface area (Å²) in [4.78, 5) is 44.5. The number of aliphatic imine (C=N–C) groups is 1. The maximum absolute atomic E-state index is 13.5. The molecule has 33 heavy (non-hydrogen) atoms. The molecule has 0 spiro atoms. The van der Waals surface area contributed by atoms with Crippen LogP contribution >= 0.6 is 0 Å². The van der Waals surface area contributed by atoms with E-state index in [-0.39, 0.29) is 42.9 Å². The van der Waals surface area contributed by atoms with Crippen molar-refractivity contribution in [2.75, 3.05) is 19.8 Å². The summed E-state index contributed by atoms with van der Waals surface area (Å²) in [6, 6.07) is 8.39. The monoisotopic (exact) mass is 457 g/mol. The summed E-state index contributed by atoms with van der Waals surface area (Å²) in [5.41, 5.74) is -2.14. The Labute approximate surface area is 193 Å². The van der Waals surface area contributed by atoms with Crippen LogP contribution in [0.3, 0.4) is 0 Å². The summed E-state index contributed by atoms with van der Waals surface area (Å²) in [5, 5.41) is 0. The Balaban J connectivity index is 2.30. The van der Waals surface area contributed by atoms with Crippen LogP contribution in [0.1, 0.15) is 58.4 Å². The van der Waals surface area contributed by atoms with Crippen LogP contribution < -0.4 is 0 Å². The van der Waals surface area contributed by atoms with Crippen molar-refractivity contribution in [3.8, 4) is 0 Å². The third-order valence-electron chi connectivity index (χ3n) is 5.64. The van der Waals surface area contributed by atoms with Gasteiger partial charge >= 0.3 is 17.9 Å². The van der Waals surface area contributed by atoms with Crippen molar-refractivity contribution in [2.45, 2.75) is 64.5 Å². The van der Waals surface area contributed by atoms with Gasteiger partial charge in [0.05, 0.1) is 25.9 Å². The predicted octanol–water partition coefficient (Wildman–Crippen LogP) is 3.63. The Morgan fingerprint density at radius 3 is 2.12 bits per heavy atom. The Morgan fingerprint density at radius 1 is 0.909 bits per heavy atom. The minimum absolute atomic E-state index is 0.0429. The van der Waals surface area contributed by atoms with E-state index in [1.165, 1.54) is 0 Å².